The first-order valence-corrected chi connectivity index (χ1v) is 5.16. The second kappa shape index (κ2) is 5.49. The van der Waals surface area contributed by atoms with E-state index in [2.05, 4.69) is 6.92 Å². The van der Waals surface area contributed by atoms with Crippen LogP contribution >= 0.6 is 0 Å². The SMILES string of the molecule is CCCCc1cc(OC)c(O)c(OC)c1. The van der Waals surface area contributed by atoms with Crippen LogP contribution in [0.4, 0.5) is 0 Å². The molecule has 0 saturated carbocycles. The van der Waals surface area contributed by atoms with Gasteiger partial charge < -0.3 is 14.6 Å². The van der Waals surface area contributed by atoms with Crippen LogP contribution in [0.3, 0.4) is 0 Å². The highest BCUT2D eigenvalue weighted by molar-refractivity contribution is 5.52. The summed E-state index contributed by atoms with van der Waals surface area (Å²) in [6.07, 6.45) is 3.24. The van der Waals surface area contributed by atoms with E-state index in [4.69, 9.17) is 9.47 Å². The Kier molecular flexibility index (Phi) is 4.28. The van der Waals surface area contributed by atoms with Crippen LogP contribution in [0.2, 0.25) is 0 Å². The molecule has 1 aromatic carbocycles. The zero-order valence-corrected chi connectivity index (χ0v) is 9.54. The molecule has 0 aromatic heterocycles. The number of aryl methyl sites for hydroxylation is 1. The topological polar surface area (TPSA) is 38.7 Å². The van der Waals surface area contributed by atoms with Gasteiger partial charge in [0.05, 0.1) is 14.2 Å². The summed E-state index contributed by atoms with van der Waals surface area (Å²) >= 11 is 0. The fourth-order valence-corrected chi connectivity index (χ4v) is 1.47. The Morgan fingerprint density at radius 3 is 2.07 bits per heavy atom. The third kappa shape index (κ3) is 2.78. The molecule has 1 aromatic rings. The lowest BCUT2D eigenvalue weighted by Crippen LogP contribution is -1.93. The van der Waals surface area contributed by atoms with Crippen molar-refractivity contribution in [3.8, 4) is 17.2 Å². The summed E-state index contributed by atoms with van der Waals surface area (Å²) in [6, 6.07) is 3.71. The van der Waals surface area contributed by atoms with E-state index in [9.17, 15) is 5.11 Å². The van der Waals surface area contributed by atoms with Gasteiger partial charge in [-0.25, -0.2) is 0 Å². The minimum absolute atomic E-state index is 0.0697. The second-order valence-electron chi connectivity index (χ2n) is 3.45. The van der Waals surface area contributed by atoms with Crippen LogP contribution in [0, 0.1) is 0 Å². The van der Waals surface area contributed by atoms with E-state index in [1.165, 1.54) is 14.2 Å². The van der Waals surface area contributed by atoms with Crippen LogP contribution in [0.15, 0.2) is 12.1 Å². The maximum absolute atomic E-state index is 9.69. The van der Waals surface area contributed by atoms with Crippen molar-refractivity contribution in [1.82, 2.24) is 0 Å². The maximum atomic E-state index is 9.69. The summed E-state index contributed by atoms with van der Waals surface area (Å²) in [4.78, 5) is 0. The smallest absolute Gasteiger partial charge is 0.200 e. The predicted molar refractivity (Wildman–Crippen MR) is 59.8 cm³/mol. The highest BCUT2D eigenvalue weighted by Crippen LogP contribution is 2.37. The number of methoxy groups -OCH3 is 2. The van der Waals surface area contributed by atoms with Gasteiger partial charge in [-0.1, -0.05) is 13.3 Å². The molecule has 3 heteroatoms. The van der Waals surface area contributed by atoms with Gasteiger partial charge in [-0.2, -0.15) is 0 Å². The summed E-state index contributed by atoms with van der Waals surface area (Å²) in [7, 11) is 3.08. The summed E-state index contributed by atoms with van der Waals surface area (Å²) in [5.41, 5.74) is 1.13. The van der Waals surface area contributed by atoms with Gasteiger partial charge in [0, 0.05) is 0 Å². The van der Waals surface area contributed by atoms with E-state index in [1.807, 2.05) is 12.1 Å². The van der Waals surface area contributed by atoms with Gasteiger partial charge in [0.15, 0.2) is 11.5 Å². The monoisotopic (exact) mass is 210 g/mol. The Morgan fingerprint density at radius 1 is 1.13 bits per heavy atom. The largest absolute Gasteiger partial charge is 0.502 e. The van der Waals surface area contributed by atoms with Crippen molar-refractivity contribution in [3.05, 3.63) is 17.7 Å². The molecule has 0 radical (unpaired) electrons. The number of ether oxygens (including phenoxy) is 2. The molecule has 15 heavy (non-hydrogen) atoms. The molecule has 3 nitrogen and oxygen atoms in total. The van der Waals surface area contributed by atoms with E-state index in [1.54, 1.807) is 0 Å². The van der Waals surface area contributed by atoms with E-state index in [-0.39, 0.29) is 5.75 Å². The third-order valence-electron chi connectivity index (χ3n) is 2.36. The predicted octanol–water partition coefficient (Wildman–Crippen LogP) is 2.75. The Balaban J connectivity index is 2.98. The number of benzene rings is 1. The van der Waals surface area contributed by atoms with E-state index < -0.39 is 0 Å². The maximum Gasteiger partial charge on any atom is 0.200 e. The summed E-state index contributed by atoms with van der Waals surface area (Å²) in [5.74, 6) is 1.01. The molecule has 0 heterocycles. The molecule has 0 fully saturated rings. The number of hydrogen-bond donors (Lipinski definition) is 1. The number of hydrogen-bond acceptors (Lipinski definition) is 3. The van der Waals surface area contributed by atoms with Crippen molar-refractivity contribution >= 4 is 0 Å². The van der Waals surface area contributed by atoms with Crippen molar-refractivity contribution in [2.45, 2.75) is 26.2 Å². The summed E-state index contributed by atoms with van der Waals surface area (Å²) < 4.78 is 10.2. The fraction of sp³-hybridized carbons (Fsp3) is 0.500. The van der Waals surface area contributed by atoms with Crippen molar-refractivity contribution in [1.29, 1.82) is 0 Å². The van der Waals surface area contributed by atoms with E-state index >= 15 is 0 Å². The third-order valence-corrected chi connectivity index (χ3v) is 2.36. The van der Waals surface area contributed by atoms with Crippen LogP contribution in [-0.2, 0) is 6.42 Å². The quantitative estimate of drug-likeness (QED) is 0.812. The number of aromatic hydroxyl groups is 1. The zero-order chi connectivity index (χ0) is 11.3. The molecular formula is C12H18O3. The van der Waals surface area contributed by atoms with Gasteiger partial charge in [0.25, 0.3) is 0 Å². The Morgan fingerprint density at radius 2 is 1.67 bits per heavy atom. The van der Waals surface area contributed by atoms with Gasteiger partial charge in [-0.3, -0.25) is 0 Å². The number of rotatable bonds is 5. The molecular weight excluding hydrogens is 192 g/mol. The van der Waals surface area contributed by atoms with Gasteiger partial charge in [-0.05, 0) is 30.5 Å². The number of phenolic OH excluding ortho intramolecular Hbond substituents is 1. The van der Waals surface area contributed by atoms with Crippen molar-refractivity contribution < 1.29 is 14.6 Å². The summed E-state index contributed by atoms with van der Waals surface area (Å²) in [6.45, 7) is 2.15. The molecule has 1 rings (SSSR count). The van der Waals surface area contributed by atoms with Crippen LogP contribution in [0.1, 0.15) is 25.3 Å². The highest BCUT2D eigenvalue weighted by Gasteiger charge is 2.10. The molecule has 0 aliphatic heterocycles. The molecule has 0 aliphatic carbocycles. The average Bonchev–Trinajstić information content (AvgIpc) is 2.27. The number of phenols is 1. The molecule has 0 saturated heterocycles. The Bertz CT molecular complexity index is 296. The standard InChI is InChI=1S/C12H18O3/c1-4-5-6-9-7-10(14-2)12(13)11(8-9)15-3/h7-8,13H,4-6H2,1-3H3. The van der Waals surface area contributed by atoms with Crippen LogP contribution in [0.5, 0.6) is 17.2 Å². The second-order valence-corrected chi connectivity index (χ2v) is 3.45. The lowest BCUT2D eigenvalue weighted by Gasteiger charge is -2.10. The minimum Gasteiger partial charge on any atom is -0.502 e. The molecule has 0 atom stereocenters. The molecule has 84 valence electrons. The first kappa shape index (κ1) is 11.7. The molecule has 0 spiro atoms. The molecule has 0 aliphatic rings. The van der Waals surface area contributed by atoms with Crippen LogP contribution in [-0.4, -0.2) is 19.3 Å². The lowest BCUT2D eigenvalue weighted by atomic mass is 10.1. The first-order chi connectivity index (χ1) is 7.22. The van der Waals surface area contributed by atoms with Gasteiger partial charge in [0.1, 0.15) is 0 Å². The average molecular weight is 210 g/mol. The van der Waals surface area contributed by atoms with E-state index in [0.717, 1.165) is 24.8 Å². The van der Waals surface area contributed by atoms with Crippen LogP contribution < -0.4 is 9.47 Å². The van der Waals surface area contributed by atoms with Crippen molar-refractivity contribution in [3.63, 3.8) is 0 Å². The molecule has 0 bridgehead atoms. The normalized spacial score (nSPS) is 10.1. The van der Waals surface area contributed by atoms with Crippen LogP contribution in [0.25, 0.3) is 0 Å². The van der Waals surface area contributed by atoms with Gasteiger partial charge >= 0.3 is 0 Å². The first-order valence-electron chi connectivity index (χ1n) is 5.16. The molecule has 0 unspecified atom stereocenters. The Labute approximate surface area is 90.6 Å². The minimum atomic E-state index is 0.0697. The molecule has 0 amide bonds. The van der Waals surface area contributed by atoms with Gasteiger partial charge in [-0.15, -0.1) is 0 Å². The van der Waals surface area contributed by atoms with Gasteiger partial charge in [0.2, 0.25) is 5.75 Å². The summed E-state index contributed by atoms with van der Waals surface area (Å²) in [5, 5.41) is 9.69. The molecule has 1 N–H and O–H groups in total. The lowest BCUT2D eigenvalue weighted by molar-refractivity contribution is 0.339. The van der Waals surface area contributed by atoms with Crippen molar-refractivity contribution in [2.75, 3.05) is 14.2 Å². The van der Waals surface area contributed by atoms with Crippen molar-refractivity contribution in [2.24, 2.45) is 0 Å². The Hall–Kier alpha value is -1.38. The number of unbranched alkanes of at least 4 members (excludes halogenated alkanes) is 1. The fourth-order valence-electron chi connectivity index (χ4n) is 1.47. The highest BCUT2D eigenvalue weighted by atomic mass is 16.5. The van der Waals surface area contributed by atoms with E-state index in [0.29, 0.717) is 11.5 Å². The zero-order valence-electron chi connectivity index (χ0n) is 9.54.